The van der Waals surface area contributed by atoms with Crippen molar-refractivity contribution in [1.29, 1.82) is 5.26 Å². The van der Waals surface area contributed by atoms with E-state index < -0.39 is 11.3 Å². The zero-order valence-electron chi connectivity index (χ0n) is 24.4. The summed E-state index contributed by atoms with van der Waals surface area (Å²) in [7, 11) is 0. The second kappa shape index (κ2) is 10.8. The van der Waals surface area contributed by atoms with Crippen molar-refractivity contribution in [3.8, 4) is 6.07 Å². The van der Waals surface area contributed by atoms with Crippen LogP contribution in [0.4, 0.5) is 0 Å². The monoisotopic (exact) mass is 570 g/mol. The quantitative estimate of drug-likeness (QED) is 0.309. The van der Waals surface area contributed by atoms with Crippen LogP contribution < -0.4 is 22.5 Å². The van der Waals surface area contributed by atoms with E-state index in [1.807, 2.05) is 12.1 Å². The number of aryl methyl sites for hydroxylation is 1. The zero-order valence-corrected chi connectivity index (χ0v) is 24.4. The lowest BCUT2D eigenvalue weighted by atomic mass is 9.57. The van der Waals surface area contributed by atoms with Gasteiger partial charge in [0.15, 0.2) is 0 Å². The first kappa shape index (κ1) is 28.3. The van der Waals surface area contributed by atoms with E-state index >= 15 is 0 Å². The lowest BCUT2D eigenvalue weighted by Gasteiger charge is -2.47. The van der Waals surface area contributed by atoms with Crippen molar-refractivity contribution in [3.05, 3.63) is 75.8 Å². The molecular weight excluding hydrogens is 528 g/mol. The maximum absolute atomic E-state index is 12.5. The Morgan fingerprint density at radius 3 is 2.74 bits per heavy atom. The number of fused-ring (bicyclic) bond motifs is 3. The largest absolute Gasteiger partial charge is 0.402 e. The van der Waals surface area contributed by atoms with Gasteiger partial charge in [-0.05, 0) is 105 Å². The molecule has 222 valence electrons. The number of nitrogens with one attached hydrogen (secondary N) is 3. The van der Waals surface area contributed by atoms with Gasteiger partial charge < -0.3 is 21.7 Å². The molecule has 2 heterocycles. The fourth-order valence-electron chi connectivity index (χ4n) is 8.61. The Morgan fingerprint density at radius 2 is 2.05 bits per heavy atom. The number of nitrogens with zero attached hydrogens (tertiary/aromatic N) is 3. The van der Waals surface area contributed by atoms with Gasteiger partial charge in [0.2, 0.25) is 5.91 Å². The van der Waals surface area contributed by atoms with Crippen molar-refractivity contribution in [2.45, 2.75) is 81.8 Å². The number of rotatable bonds is 9. The van der Waals surface area contributed by atoms with Crippen LogP contribution in [0, 0.1) is 35.0 Å². The van der Waals surface area contributed by atoms with Crippen LogP contribution in [0.15, 0.2) is 47.5 Å². The smallest absolute Gasteiger partial charge is 0.340 e. The minimum Gasteiger partial charge on any atom is -0.402 e. The van der Waals surface area contributed by atoms with Crippen molar-refractivity contribution in [3.63, 3.8) is 0 Å². The number of carbonyl (C=O) groups is 1. The van der Waals surface area contributed by atoms with Crippen LogP contribution in [0.1, 0.15) is 79.2 Å². The minimum atomic E-state index is -0.620. The first-order valence-electron chi connectivity index (χ1n) is 15.2. The summed E-state index contributed by atoms with van der Waals surface area (Å²) < 4.78 is 0. The Hall–Kier alpha value is -3.84. The molecule has 1 aromatic heterocycles. The lowest BCUT2D eigenvalue weighted by molar-refractivity contribution is 0.1000. The summed E-state index contributed by atoms with van der Waals surface area (Å²) in [6.45, 7) is 11.2. The first-order chi connectivity index (χ1) is 20.1. The van der Waals surface area contributed by atoms with Crippen LogP contribution in [0.5, 0.6) is 0 Å². The predicted molar refractivity (Wildman–Crippen MR) is 160 cm³/mol. The number of primary amides is 1. The summed E-state index contributed by atoms with van der Waals surface area (Å²) in [6.07, 6.45) is 7.24. The topological polar surface area (TPSA) is 170 Å². The van der Waals surface area contributed by atoms with Crippen LogP contribution in [0.3, 0.4) is 0 Å². The number of aromatic amines is 2. The Bertz CT molecular complexity index is 1500. The Balaban J connectivity index is 1.37. The molecule has 0 spiro atoms. The maximum Gasteiger partial charge on any atom is 0.340 e. The number of nitrogens with two attached hydrogens (primary N) is 2. The molecule has 1 saturated heterocycles. The number of piperidine rings is 1. The van der Waals surface area contributed by atoms with Gasteiger partial charge in [-0.3, -0.25) is 9.78 Å². The number of hydrogen-bond donors (Lipinski definition) is 5. The molecule has 2 aromatic rings. The number of H-pyrrole nitrogens is 2. The van der Waals surface area contributed by atoms with E-state index in [0.29, 0.717) is 42.2 Å². The average Bonchev–Trinajstić information content (AvgIpc) is 3.46. The van der Waals surface area contributed by atoms with Crippen LogP contribution >= 0.6 is 0 Å². The Labute approximate surface area is 246 Å². The molecular formula is C32H42N8O2. The van der Waals surface area contributed by atoms with E-state index in [1.54, 1.807) is 6.07 Å². The van der Waals surface area contributed by atoms with Crippen LogP contribution in [0.2, 0.25) is 0 Å². The number of aromatic nitrogens is 3. The van der Waals surface area contributed by atoms with Gasteiger partial charge in [-0.25, -0.2) is 9.89 Å². The third-order valence-electron chi connectivity index (χ3n) is 10.6. The van der Waals surface area contributed by atoms with E-state index in [1.165, 1.54) is 0 Å². The van der Waals surface area contributed by atoms with E-state index in [2.05, 4.69) is 51.5 Å². The second-order valence-electron chi connectivity index (χ2n) is 13.1. The highest BCUT2D eigenvalue weighted by Gasteiger charge is 2.54. The standard InChI is InChI=1S/C32H42N8O2/c1-17(36-16-18(2)40-25(15-33)12-24-13-28(24)40)14-32(30-37-31(42)39-38-30)26-8-6-20(19(3)34)10-21(26)4-5-22-11-23(29(35)41)7-9-27(22)32/h7,9,11,17,20-21,24-26,28,36H,2-6,8,10,12-14,16,34H2,1H3,(H2,35,41)(H2,37,38,39,42)/t17-,20?,21+,24-,25?,26?,28+,32?/m1/s1. The van der Waals surface area contributed by atoms with E-state index in [0.717, 1.165) is 67.5 Å². The molecule has 0 bridgehead atoms. The van der Waals surface area contributed by atoms with Gasteiger partial charge >= 0.3 is 5.69 Å². The predicted octanol–water partition coefficient (Wildman–Crippen LogP) is 2.80. The van der Waals surface area contributed by atoms with Gasteiger partial charge in [-0.15, -0.1) is 0 Å². The average molecular weight is 571 g/mol. The maximum atomic E-state index is 12.5. The van der Waals surface area contributed by atoms with Crippen molar-refractivity contribution in [1.82, 2.24) is 25.4 Å². The van der Waals surface area contributed by atoms with Gasteiger partial charge in [0.25, 0.3) is 0 Å². The summed E-state index contributed by atoms with van der Waals surface area (Å²) in [6, 6.07) is 8.58. The van der Waals surface area contributed by atoms with E-state index in [4.69, 9.17) is 11.5 Å². The molecule has 3 fully saturated rings. The van der Waals surface area contributed by atoms with Gasteiger partial charge in [0.1, 0.15) is 11.9 Å². The SMILES string of the molecule is C=C(N)C1CCC2[C@@H](CCc3cc(C(N)=O)ccc3C2(C[C@@H](C)NCC(=C)N2C(C#N)C[C@@H]3C[C@@H]32)c2n[nH]c(=O)[nH]2)C1. The molecule has 10 nitrogen and oxygen atoms in total. The number of amides is 1. The highest BCUT2D eigenvalue weighted by Crippen LogP contribution is 2.55. The molecule has 4 aliphatic rings. The van der Waals surface area contributed by atoms with Gasteiger partial charge in [0.05, 0.1) is 11.5 Å². The van der Waals surface area contributed by atoms with Crippen LogP contribution in [0.25, 0.3) is 0 Å². The van der Waals surface area contributed by atoms with Gasteiger partial charge in [0, 0.05) is 35.6 Å². The molecule has 6 rings (SSSR count). The molecule has 3 aliphatic carbocycles. The van der Waals surface area contributed by atoms with Gasteiger partial charge in [-0.2, -0.15) is 10.4 Å². The number of carbonyl (C=O) groups excluding carboxylic acids is 1. The summed E-state index contributed by atoms with van der Waals surface area (Å²) in [5.74, 6) is 1.55. The lowest BCUT2D eigenvalue weighted by Crippen LogP contribution is -2.48. The molecule has 7 N–H and O–H groups in total. The summed E-state index contributed by atoms with van der Waals surface area (Å²) in [5.41, 5.74) is 15.3. The van der Waals surface area contributed by atoms with Crippen LogP contribution in [-0.2, 0) is 11.8 Å². The number of nitriles is 1. The van der Waals surface area contributed by atoms with E-state index in [9.17, 15) is 14.9 Å². The molecule has 0 radical (unpaired) electrons. The third-order valence-corrected chi connectivity index (χ3v) is 10.6. The van der Waals surface area contributed by atoms with Crippen LogP contribution in [-0.4, -0.2) is 50.7 Å². The fourth-order valence-corrected chi connectivity index (χ4v) is 8.61. The molecule has 1 aliphatic heterocycles. The fraction of sp³-hybridized carbons (Fsp3) is 0.562. The molecule has 42 heavy (non-hydrogen) atoms. The number of hydrogen-bond acceptors (Lipinski definition) is 7. The Kier molecular flexibility index (Phi) is 7.26. The Morgan fingerprint density at radius 1 is 1.24 bits per heavy atom. The molecule has 1 amide bonds. The van der Waals surface area contributed by atoms with Crippen molar-refractivity contribution in [2.24, 2.45) is 35.1 Å². The van der Waals surface area contributed by atoms with Crippen molar-refractivity contribution < 1.29 is 4.79 Å². The summed E-state index contributed by atoms with van der Waals surface area (Å²) in [5, 5.41) is 20.6. The van der Waals surface area contributed by atoms with E-state index in [-0.39, 0.29) is 29.6 Å². The molecule has 10 heteroatoms. The first-order valence-corrected chi connectivity index (χ1v) is 15.2. The van der Waals surface area contributed by atoms with Gasteiger partial charge in [-0.1, -0.05) is 19.2 Å². The summed E-state index contributed by atoms with van der Waals surface area (Å²) in [4.78, 5) is 30.0. The molecule has 4 unspecified atom stereocenters. The molecule has 1 aromatic carbocycles. The zero-order chi connectivity index (χ0) is 29.8. The minimum absolute atomic E-state index is 0.0182. The molecule has 8 atom stereocenters. The normalized spacial score (nSPS) is 32.0. The molecule has 2 saturated carbocycles. The highest BCUT2D eigenvalue weighted by molar-refractivity contribution is 5.93. The number of allylic oxidation sites excluding steroid dienone is 1. The van der Waals surface area contributed by atoms with Crippen molar-refractivity contribution >= 4 is 5.91 Å². The number of likely N-dealkylation sites (tertiary alicyclic amines) is 1. The highest BCUT2D eigenvalue weighted by atomic mass is 16.1. The number of benzene rings is 1. The summed E-state index contributed by atoms with van der Waals surface area (Å²) >= 11 is 0. The van der Waals surface area contributed by atoms with Crippen molar-refractivity contribution in [2.75, 3.05) is 6.54 Å². The second-order valence-corrected chi connectivity index (χ2v) is 13.1. The third kappa shape index (κ3) is 4.83.